The average Bonchev–Trinajstić information content (AvgIpc) is 2.75. The molecule has 1 fully saturated rings. The molecule has 1 aliphatic heterocycles. The van der Waals surface area contributed by atoms with Crippen LogP contribution >= 0.6 is 0 Å². The van der Waals surface area contributed by atoms with Gasteiger partial charge < -0.3 is 20.3 Å². The number of nitrogens with one attached hydrogen (secondary N) is 2. The fourth-order valence-corrected chi connectivity index (χ4v) is 3.83. The summed E-state index contributed by atoms with van der Waals surface area (Å²) in [6.45, 7) is 3.38. The zero-order chi connectivity index (χ0) is 19.8. The Labute approximate surface area is 168 Å². The van der Waals surface area contributed by atoms with Gasteiger partial charge in [-0.15, -0.1) is 0 Å². The lowest BCUT2D eigenvalue weighted by Crippen LogP contribution is -2.50. The van der Waals surface area contributed by atoms with Crippen LogP contribution in [0.25, 0.3) is 0 Å². The molecule has 28 heavy (non-hydrogen) atoms. The van der Waals surface area contributed by atoms with Crippen LogP contribution in [0, 0.1) is 0 Å². The Hall–Kier alpha value is -2.53. The van der Waals surface area contributed by atoms with Gasteiger partial charge in [0.1, 0.15) is 5.75 Å². The average molecular weight is 382 g/mol. The van der Waals surface area contributed by atoms with E-state index in [1.807, 2.05) is 30.3 Å². The van der Waals surface area contributed by atoms with Crippen molar-refractivity contribution in [2.75, 3.05) is 40.3 Å². The van der Waals surface area contributed by atoms with E-state index in [1.165, 1.54) is 11.1 Å². The van der Waals surface area contributed by atoms with Gasteiger partial charge >= 0.3 is 6.03 Å². The van der Waals surface area contributed by atoms with Crippen molar-refractivity contribution in [3.63, 3.8) is 0 Å². The van der Waals surface area contributed by atoms with E-state index in [1.54, 1.807) is 7.11 Å². The van der Waals surface area contributed by atoms with Gasteiger partial charge in [0, 0.05) is 18.5 Å². The molecule has 5 nitrogen and oxygen atoms in total. The first kappa shape index (κ1) is 20.2. The van der Waals surface area contributed by atoms with Crippen molar-refractivity contribution in [1.82, 2.24) is 15.5 Å². The van der Waals surface area contributed by atoms with Crippen molar-refractivity contribution in [1.29, 1.82) is 0 Å². The molecule has 5 heteroatoms. The zero-order valence-corrected chi connectivity index (χ0v) is 16.9. The number of urea groups is 1. The smallest absolute Gasteiger partial charge is 0.314 e. The van der Waals surface area contributed by atoms with Crippen LogP contribution in [0.3, 0.4) is 0 Å². The number of amides is 2. The number of ether oxygens (including phenoxy) is 1. The Morgan fingerprint density at radius 3 is 2.36 bits per heavy atom. The molecule has 1 saturated heterocycles. The number of rotatable bonds is 7. The van der Waals surface area contributed by atoms with Crippen LogP contribution in [-0.2, 0) is 11.8 Å². The molecule has 150 valence electrons. The van der Waals surface area contributed by atoms with Crippen LogP contribution in [0.4, 0.5) is 4.79 Å². The predicted molar refractivity (Wildman–Crippen MR) is 113 cm³/mol. The molecule has 3 rings (SSSR count). The second-order valence-electron chi connectivity index (χ2n) is 7.66. The monoisotopic (exact) mass is 381 g/mol. The molecule has 2 aromatic carbocycles. The van der Waals surface area contributed by atoms with Gasteiger partial charge in [0.2, 0.25) is 0 Å². The van der Waals surface area contributed by atoms with Crippen molar-refractivity contribution in [2.45, 2.75) is 24.7 Å². The summed E-state index contributed by atoms with van der Waals surface area (Å²) >= 11 is 0. The lowest BCUT2D eigenvalue weighted by atomic mass is 9.72. The third-order valence-electron chi connectivity index (χ3n) is 5.78. The van der Waals surface area contributed by atoms with Crippen LogP contribution in [-0.4, -0.2) is 51.3 Å². The molecule has 1 heterocycles. The van der Waals surface area contributed by atoms with Gasteiger partial charge in [-0.2, -0.15) is 0 Å². The fraction of sp³-hybridized carbons (Fsp3) is 0.435. The van der Waals surface area contributed by atoms with E-state index in [9.17, 15) is 4.79 Å². The van der Waals surface area contributed by atoms with Crippen molar-refractivity contribution >= 4 is 6.03 Å². The quantitative estimate of drug-likeness (QED) is 0.774. The summed E-state index contributed by atoms with van der Waals surface area (Å²) in [6.07, 6.45) is 2.91. The topological polar surface area (TPSA) is 53.6 Å². The lowest BCUT2D eigenvalue weighted by Gasteiger charge is -2.41. The summed E-state index contributed by atoms with van der Waals surface area (Å²) in [6, 6.07) is 18.5. The van der Waals surface area contributed by atoms with E-state index in [2.05, 4.69) is 46.8 Å². The number of methoxy groups -OCH3 is 1. The van der Waals surface area contributed by atoms with Crippen molar-refractivity contribution < 1.29 is 9.53 Å². The number of likely N-dealkylation sites (tertiary alicyclic amines) is 1. The molecule has 0 atom stereocenters. The molecule has 0 bridgehead atoms. The molecular formula is C23H31N3O2. The third kappa shape index (κ3) is 5.26. The molecule has 1 aliphatic rings. The van der Waals surface area contributed by atoms with E-state index in [4.69, 9.17) is 4.74 Å². The van der Waals surface area contributed by atoms with E-state index >= 15 is 0 Å². The predicted octanol–water partition coefficient (Wildman–Crippen LogP) is 3.20. The normalized spacial score (nSPS) is 16.4. The number of carbonyl (C=O) groups is 1. The molecule has 2 amide bonds. The van der Waals surface area contributed by atoms with Gasteiger partial charge in [0.05, 0.1) is 7.11 Å². The molecule has 2 N–H and O–H groups in total. The summed E-state index contributed by atoms with van der Waals surface area (Å²) in [5, 5.41) is 6.11. The highest BCUT2D eigenvalue weighted by Gasteiger charge is 2.35. The molecule has 0 aliphatic carbocycles. The maximum atomic E-state index is 12.4. The number of piperidine rings is 1. The highest BCUT2D eigenvalue weighted by atomic mass is 16.5. The molecule has 0 spiro atoms. The summed E-state index contributed by atoms with van der Waals surface area (Å²) in [5.41, 5.74) is 2.51. The van der Waals surface area contributed by atoms with Crippen LogP contribution in [0.2, 0.25) is 0 Å². The molecule has 2 aromatic rings. The Kier molecular flexibility index (Phi) is 6.93. The maximum Gasteiger partial charge on any atom is 0.314 e. The van der Waals surface area contributed by atoms with Gasteiger partial charge in [-0.3, -0.25) is 0 Å². The van der Waals surface area contributed by atoms with Gasteiger partial charge in [0.25, 0.3) is 0 Å². The first-order valence-electron chi connectivity index (χ1n) is 10.00. The summed E-state index contributed by atoms with van der Waals surface area (Å²) in [7, 11) is 3.82. The first-order valence-corrected chi connectivity index (χ1v) is 10.00. The Balaban J connectivity index is 1.51. The van der Waals surface area contributed by atoms with Crippen LogP contribution in [0.5, 0.6) is 5.75 Å². The van der Waals surface area contributed by atoms with Crippen LogP contribution < -0.4 is 15.4 Å². The number of nitrogens with zero attached hydrogens (tertiary/aromatic N) is 1. The van der Waals surface area contributed by atoms with E-state index in [0.29, 0.717) is 13.1 Å². The number of benzene rings is 2. The molecule has 0 radical (unpaired) electrons. The van der Waals surface area contributed by atoms with Crippen LogP contribution in [0.1, 0.15) is 24.0 Å². The fourth-order valence-electron chi connectivity index (χ4n) is 3.83. The van der Waals surface area contributed by atoms with Gasteiger partial charge in [-0.1, -0.05) is 42.5 Å². The van der Waals surface area contributed by atoms with Crippen molar-refractivity contribution in [3.8, 4) is 5.75 Å². The summed E-state index contributed by atoms with van der Waals surface area (Å²) in [4.78, 5) is 14.7. The van der Waals surface area contributed by atoms with Gasteiger partial charge in [0.15, 0.2) is 0 Å². The largest absolute Gasteiger partial charge is 0.497 e. The number of carbonyl (C=O) groups excluding carboxylic acids is 1. The Morgan fingerprint density at radius 1 is 1.04 bits per heavy atom. The first-order chi connectivity index (χ1) is 13.6. The highest BCUT2D eigenvalue weighted by molar-refractivity contribution is 5.74. The SMILES string of the molecule is COc1ccc(CCNC(=O)NCC2(c3ccccc3)CCN(C)CC2)cc1. The Morgan fingerprint density at radius 2 is 1.71 bits per heavy atom. The van der Waals surface area contributed by atoms with Crippen molar-refractivity contribution in [2.24, 2.45) is 0 Å². The minimum Gasteiger partial charge on any atom is -0.497 e. The molecule has 0 unspecified atom stereocenters. The van der Waals surface area contributed by atoms with Crippen LogP contribution in [0.15, 0.2) is 54.6 Å². The van der Waals surface area contributed by atoms with Crippen molar-refractivity contribution in [3.05, 3.63) is 65.7 Å². The molecule has 0 saturated carbocycles. The summed E-state index contributed by atoms with van der Waals surface area (Å²) in [5.74, 6) is 0.846. The second-order valence-corrected chi connectivity index (χ2v) is 7.66. The van der Waals surface area contributed by atoms with E-state index in [-0.39, 0.29) is 11.4 Å². The highest BCUT2D eigenvalue weighted by Crippen LogP contribution is 2.34. The molecule has 0 aromatic heterocycles. The number of hydrogen-bond acceptors (Lipinski definition) is 3. The standard InChI is InChI=1S/C23H31N3O2/c1-26-16-13-23(14-17-26,20-6-4-3-5-7-20)18-25-22(27)24-15-12-19-8-10-21(28-2)11-9-19/h3-11H,12-18H2,1-2H3,(H2,24,25,27). The third-order valence-corrected chi connectivity index (χ3v) is 5.78. The minimum absolute atomic E-state index is 0.0150. The second kappa shape index (κ2) is 9.60. The molecular weight excluding hydrogens is 350 g/mol. The Bertz CT molecular complexity index is 738. The zero-order valence-electron chi connectivity index (χ0n) is 16.9. The summed E-state index contributed by atoms with van der Waals surface area (Å²) < 4.78 is 5.17. The van der Waals surface area contributed by atoms with Gasteiger partial charge in [-0.25, -0.2) is 4.79 Å². The lowest BCUT2D eigenvalue weighted by molar-refractivity contribution is 0.181. The van der Waals surface area contributed by atoms with E-state index < -0.39 is 0 Å². The number of hydrogen-bond donors (Lipinski definition) is 2. The van der Waals surface area contributed by atoms with Gasteiger partial charge in [-0.05, 0) is 62.7 Å². The maximum absolute atomic E-state index is 12.4. The van der Waals surface area contributed by atoms with E-state index in [0.717, 1.165) is 38.1 Å². The minimum atomic E-state index is -0.0947.